The number of thiophene rings is 1. The molecule has 9 nitrogen and oxygen atoms in total. The summed E-state index contributed by atoms with van der Waals surface area (Å²) in [5, 5.41) is 5.21. The molecular formula is C26H22BrF2N5O4S2. The smallest absolute Gasteiger partial charge is 0.325 e. The number of aromatic nitrogens is 1. The summed E-state index contributed by atoms with van der Waals surface area (Å²) in [5.41, 5.74) is 1.31. The Kier molecular flexibility index (Phi) is 7.75. The standard InChI is InChI=1S/C26H22BrF2N5O4S2/c1-33(21-2-3-23-16(12-21)5-7-39-23)25(35)22(10-15-8-19(28)13-20(29)9-15)31-26(36)32-40(37,38)34-6-4-17-11-18(27)14-30-24(17)34/h2-3,5,7-9,11-14,22H,4,6,10H2,1H3,(H2,31,32,36)/t22-/m0/s1. The molecule has 3 amide bonds. The van der Waals surface area contributed by atoms with E-state index in [0.29, 0.717) is 28.2 Å². The normalized spacial score (nSPS) is 13.7. The van der Waals surface area contributed by atoms with Crippen molar-refractivity contribution in [3.63, 3.8) is 0 Å². The molecular weight excluding hydrogens is 628 g/mol. The van der Waals surface area contributed by atoms with Crippen LogP contribution in [0.1, 0.15) is 11.1 Å². The van der Waals surface area contributed by atoms with Crippen LogP contribution in [0.3, 0.4) is 0 Å². The van der Waals surface area contributed by atoms with Gasteiger partial charge in [0.05, 0.1) is 0 Å². The maximum absolute atomic E-state index is 13.9. The molecule has 1 aliphatic heterocycles. The van der Waals surface area contributed by atoms with Crippen molar-refractivity contribution in [1.29, 1.82) is 0 Å². The summed E-state index contributed by atoms with van der Waals surface area (Å²) in [7, 11) is -2.89. The van der Waals surface area contributed by atoms with Gasteiger partial charge >= 0.3 is 16.2 Å². The zero-order valence-corrected chi connectivity index (χ0v) is 24.1. The molecule has 0 saturated carbocycles. The minimum atomic E-state index is -4.38. The zero-order valence-electron chi connectivity index (χ0n) is 20.9. The summed E-state index contributed by atoms with van der Waals surface area (Å²) in [5.74, 6) is -2.13. The van der Waals surface area contributed by atoms with E-state index in [4.69, 9.17) is 0 Å². The molecule has 40 heavy (non-hydrogen) atoms. The number of hydrogen-bond acceptors (Lipinski definition) is 6. The molecule has 2 aromatic heterocycles. The maximum atomic E-state index is 13.9. The summed E-state index contributed by atoms with van der Waals surface area (Å²) >= 11 is 4.84. The predicted molar refractivity (Wildman–Crippen MR) is 153 cm³/mol. The molecule has 0 radical (unpaired) electrons. The molecule has 1 aliphatic rings. The fraction of sp³-hybridized carbons (Fsp3) is 0.192. The Morgan fingerprint density at radius 2 is 1.90 bits per heavy atom. The SMILES string of the molecule is CN(C(=O)[C@H](Cc1cc(F)cc(F)c1)NC(=O)NS(=O)(=O)N1CCc2cc(Br)cnc21)c1ccc2sccc2c1. The number of halogens is 3. The van der Waals surface area contributed by atoms with Crippen LogP contribution >= 0.6 is 27.3 Å². The Bertz CT molecular complexity index is 1710. The number of hydrogen-bond donors (Lipinski definition) is 2. The molecule has 2 N–H and O–H groups in total. The Hall–Kier alpha value is -3.62. The first-order valence-electron chi connectivity index (χ1n) is 12.0. The van der Waals surface area contributed by atoms with Crippen LogP contribution in [0.25, 0.3) is 10.1 Å². The number of urea groups is 1. The summed E-state index contributed by atoms with van der Waals surface area (Å²) < 4.78 is 58.5. The van der Waals surface area contributed by atoms with E-state index in [9.17, 15) is 26.8 Å². The van der Waals surface area contributed by atoms with Crippen LogP contribution in [0, 0.1) is 11.6 Å². The van der Waals surface area contributed by atoms with E-state index >= 15 is 0 Å². The average molecular weight is 651 g/mol. The number of fused-ring (bicyclic) bond motifs is 2. The van der Waals surface area contributed by atoms with Gasteiger partial charge in [-0.15, -0.1) is 11.3 Å². The van der Waals surface area contributed by atoms with Crippen molar-refractivity contribution in [3.05, 3.63) is 87.3 Å². The number of pyridine rings is 1. The van der Waals surface area contributed by atoms with E-state index in [1.807, 2.05) is 22.2 Å². The highest BCUT2D eigenvalue weighted by Gasteiger charge is 2.34. The summed E-state index contributed by atoms with van der Waals surface area (Å²) in [6.45, 7) is 0.0696. The van der Waals surface area contributed by atoms with Gasteiger partial charge in [0, 0.05) is 47.1 Å². The molecule has 14 heteroatoms. The molecule has 208 valence electrons. The lowest BCUT2D eigenvalue weighted by atomic mass is 10.0. The third-order valence-electron chi connectivity index (χ3n) is 6.36. The summed E-state index contributed by atoms with van der Waals surface area (Å²) in [4.78, 5) is 32.0. The lowest BCUT2D eigenvalue weighted by molar-refractivity contribution is -0.120. The van der Waals surface area contributed by atoms with E-state index in [2.05, 4.69) is 26.2 Å². The number of likely N-dealkylation sites (N-methyl/N-ethyl adjacent to an activating group) is 1. The fourth-order valence-corrected chi connectivity index (χ4v) is 6.77. The number of nitrogens with zero attached hydrogens (tertiary/aromatic N) is 3. The minimum absolute atomic E-state index is 0.0696. The number of rotatable bonds is 7. The zero-order chi connectivity index (χ0) is 28.6. The molecule has 0 bridgehead atoms. The topological polar surface area (TPSA) is 112 Å². The highest BCUT2D eigenvalue weighted by atomic mass is 79.9. The Morgan fingerprint density at radius 1 is 1.15 bits per heavy atom. The second kappa shape index (κ2) is 11.1. The number of carbonyl (C=O) groups is 2. The van der Waals surface area contributed by atoms with Gasteiger partial charge in [-0.25, -0.2) is 27.6 Å². The lowest BCUT2D eigenvalue weighted by Gasteiger charge is -2.26. The maximum Gasteiger partial charge on any atom is 0.330 e. The van der Waals surface area contributed by atoms with Gasteiger partial charge < -0.3 is 10.2 Å². The van der Waals surface area contributed by atoms with Gasteiger partial charge in [-0.1, -0.05) is 0 Å². The van der Waals surface area contributed by atoms with Gasteiger partial charge in [0.25, 0.3) is 0 Å². The number of anilines is 2. The van der Waals surface area contributed by atoms with Crippen molar-refractivity contribution in [1.82, 2.24) is 15.0 Å². The number of benzene rings is 2. The van der Waals surface area contributed by atoms with Crippen molar-refractivity contribution in [2.24, 2.45) is 0 Å². The molecule has 0 saturated heterocycles. The molecule has 0 fully saturated rings. The molecule has 5 rings (SSSR count). The van der Waals surface area contributed by atoms with E-state index < -0.39 is 39.8 Å². The van der Waals surface area contributed by atoms with Gasteiger partial charge in [-0.05, 0) is 86.7 Å². The third kappa shape index (κ3) is 5.93. The van der Waals surface area contributed by atoms with Crippen LogP contribution in [0.5, 0.6) is 0 Å². The molecule has 1 atom stereocenters. The average Bonchev–Trinajstić information content (AvgIpc) is 3.53. The van der Waals surface area contributed by atoms with E-state index in [0.717, 1.165) is 26.5 Å². The van der Waals surface area contributed by atoms with Gasteiger partial charge in [0.15, 0.2) is 0 Å². The number of carbonyl (C=O) groups excluding carboxylic acids is 2. The Balaban J connectivity index is 1.38. The van der Waals surface area contributed by atoms with Crippen LogP contribution in [0.4, 0.5) is 25.1 Å². The van der Waals surface area contributed by atoms with Crippen molar-refractivity contribution >= 4 is 71.0 Å². The van der Waals surface area contributed by atoms with Crippen molar-refractivity contribution in [2.75, 3.05) is 22.8 Å². The van der Waals surface area contributed by atoms with Crippen LogP contribution < -0.4 is 19.2 Å². The van der Waals surface area contributed by atoms with Gasteiger partial charge in [-0.2, -0.15) is 8.42 Å². The Morgan fingerprint density at radius 3 is 2.65 bits per heavy atom. The first kappa shape index (κ1) is 27.9. The van der Waals surface area contributed by atoms with Gasteiger partial charge in [0.1, 0.15) is 23.5 Å². The molecule has 2 aromatic carbocycles. The number of amides is 3. The molecule has 4 aromatic rings. The first-order valence-corrected chi connectivity index (χ1v) is 15.1. The van der Waals surface area contributed by atoms with Crippen LogP contribution in [0.2, 0.25) is 0 Å². The van der Waals surface area contributed by atoms with Crippen molar-refractivity contribution in [3.8, 4) is 0 Å². The van der Waals surface area contributed by atoms with Gasteiger partial charge in [-0.3, -0.25) is 4.79 Å². The third-order valence-corrected chi connectivity index (χ3v) is 9.07. The largest absolute Gasteiger partial charge is 0.330 e. The van der Waals surface area contributed by atoms with Crippen LogP contribution in [-0.4, -0.2) is 45.0 Å². The second-order valence-corrected chi connectivity index (χ2v) is 12.6. The fourth-order valence-electron chi connectivity index (χ4n) is 4.49. The minimum Gasteiger partial charge on any atom is -0.325 e. The molecule has 0 unspecified atom stereocenters. The van der Waals surface area contributed by atoms with E-state index in [-0.39, 0.29) is 24.3 Å². The van der Waals surface area contributed by atoms with Crippen molar-refractivity contribution < 1.29 is 26.8 Å². The highest BCUT2D eigenvalue weighted by molar-refractivity contribution is 9.10. The number of nitrogens with one attached hydrogen (secondary N) is 2. The lowest BCUT2D eigenvalue weighted by Crippen LogP contribution is -2.54. The molecule has 0 aliphatic carbocycles. The highest BCUT2D eigenvalue weighted by Crippen LogP contribution is 2.30. The van der Waals surface area contributed by atoms with Crippen LogP contribution in [0.15, 0.2) is 64.6 Å². The predicted octanol–water partition coefficient (Wildman–Crippen LogP) is 4.52. The molecule has 3 heterocycles. The quantitative estimate of drug-likeness (QED) is 0.306. The van der Waals surface area contributed by atoms with E-state index in [1.165, 1.54) is 29.5 Å². The van der Waals surface area contributed by atoms with Crippen LogP contribution in [-0.2, 0) is 27.8 Å². The Labute approximate surface area is 241 Å². The second-order valence-electron chi connectivity index (χ2n) is 9.11. The summed E-state index contributed by atoms with van der Waals surface area (Å²) in [6, 6.07) is 9.26. The van der Waals surface area contributed by atoms with Crippen molar-refractivity contribution in [2.45, 2.75) is 18.9 Å². The molecule has 0 spiro atoms. The first-order chi connectivity index (χ1) is 19.0. The summed E-state index contributed by atoms with van der Waals surface area (Å²) in [6.07, 6.45) is 1.55. The van der Waals surface area contributed by atoms with Gasteiger partial charge in [0.2, 0.25) is 5.91 Å². The monoisotopic (exact) mass is 649 g/mol. The van der Waals surface area contributed by atoms with E-state index in [1.54, 1.807) is 18.2 Å².